The number of amides is 1. The Balaban J connectivity index is 1.73. The van der Waals surface area contributed by atoms with Gasteiger partial charge >= 0.3 is 0 Å². The Morgan fingerprint density at radius 2 is 1.78 bits per heavy atom. The summed E-state index contributed by atoms with van der Waals surface area (Å²) in [6.45, 7) is 0.430. The lowest BCUT2D eigenvalue weighted by Gasteiger charge is -2.20. The van der Waals surface area contributed by atoms with E-state index in [1.54, 1.807) is 14.2 Å². The maximum Gasteiger partial charge on any atom is 0.222 e. The van der Waals surface area contributed by atoms with E-state index < -0.39 is 0 Å². The molecule has 0 aliphatic carbocycles. The highest BCUT2D eigenvalue weighted by molar-refractivity contribution is 5.77. The first kappa shape index (κ1) is 18.6. The summed E-state index contributed by atoms with van der Waals surface area (Å²) in [5.41, 5.74) is 1.98. The number of para-hydroxylation sites is 1. The molecule has 2 aromatic carbocycles. The van der Waals surface area contributed by atoms with Gasteiger partial charge in [-0.3, -0.25) is 4.79 Å². The molecule has 1 N–H and O–H groups in total. The first-order chi connectivity index (χ1) is 13.2. The lowest BCUT2D eigenvalue weighted by Crippen LogP contribution is -2.26. The molecule has 0 aliphatic rings. The number of hydrogen-bond donors (Lipinski definition) is 1. The quantitative estimate of drug-likeness (QED) is 0.661. The van der Waals surface area contributed by atoms with Crippen molar-refractivity contribution in [1.82, 2.24) is 9.88 Å². The van der Waals surface area contributed by atoms with Gasteiger partial charge in [0.25, 0.3) is 0 Å². The van der Waals surface area contributed by atoms with E-state index in [0.717, 1.165) is 22.6 Å². The zero-order valence-corrected chi connectivity index (χ0v) is 15.6. The van der Waals surface area contributed by atoms with Gasteiger partial charge in [-0.15, -0.1) is 0 Å². The van der Waals surface area contributed by atoms with E-state index >= 15 is 0 Å². The average molecular weight is 364 g/mol. The molecule has 3 rings (SSSR count). The zero-order valence-electron chi connectivity index (χ0n) is 15.6. The van der Waals surface area contributed by atoms with Crippen molar-refractivity contribution in [1.29, 1.82) is 0 Å². The number of methoxy groups -OCH3 is 2. The van der Waals surface area contributed by atoms with Crippen molar-refractivity contribution in [3.05, 3.63) is 84.2 Å². The van der Waals surface area contributed by atoms with Gasteiger partial charge in [0.05, 0.1) is 26.7 Å². The van der Waals surface area contributed by atoms with Crippen LogP contribution in [-0.4, -0.2) is 24.7 Å². The number of nitrogens with zero attached hydrogens (tertiary/aromatic N) is 1. The van der Waals surface area contributed by atoms with Gasteiger partial charge in [-0.2, -0.15) is 0 Å². The molecular formula is C22H24N2O3. The third-order valence-corrected chi connectivity index (χ3v) is 4.51. The van der Waals surface area contributed by atoms with Gasteiger partial charge in [0.1, 0.15) is 11.5 Å². The predicted molar refractivity (Wildman–Crippen MR) is 105 cm³/mol. The van der Waals surface area contributed by atoms with Crippen LogP contribution in [0.15, 0.2) is 73.1 Å². The maximum absolute atomic E-state index is 12.7. The minimum Gasteiger partial charge on any atom is -0.497 e. The number of ether oxygens (including phenoxy) is 2. The van der Waals surface area contributed by atoms with Crippen LogP contribution >= 0.6 is 0 Å². The first-order valence-corrected chi connectivity index (χ1v) is 8.86. The molecule has 140 valence electrons. The summed E-state index contributed by atoms with van der Waals surface area (Å²) in [5.74, 6) is 1.52. The molecule has 5 heteroatoms. The molecule has 0 aliphatic heterocycles. The lowest BCUT2D eigenvalue weighted by molar-refractivity contribution is -0.121. The zero-order chi connectivity index (χ0) is 19.1. The van der Waals surface area contributed by atoms with Crippen molar-refractivity contribution in [3.8, 4) is 11.5 Å². The number of rotatable bonds is 8. The summed E-state index contributed by atoms with van der Waals surface area (Å²) < 4.78 is 12.7. The highest BCUT2D eigenvalue weighted by atomic mass is 16.5. The third kappa shape index (κ3) is 4.70. The normalized spacial score (nSPS) is 11.6. The predicted octanol–water partition coefficient (Wildman–Crippen LogP) is 3.80. The monoisotopic (exact) mass is 364 g/mol. The molecule has 27 heavy (non-hydrogen) atoms. The molecule has 3 aromatic rings. The van der Waals surface area contributed by atoms with E-state index in [0.29, 0.717) is 13.0 Å². The standard InChI is InChI=1S/C22H24N2O3/c1-26-19-10-7-9-17(14-19)20(24-12-5-6-13-24)15-22(25)23-16-18-8-3-4-11-21(18)27-2/h3-14,20H,15-16H2,1-2H3,(H,23,25). The summed E-state index contributed by atoms with van der Waals surface area (Å²) in [4.78, 5) is 12.7. The summed E-state index contributed by atoms with van der Waals surface area (Å²) in [5, 5.41) is 3.00. The van der Waals surface area contributed by atoms with Crippen molar-refractivity contribution in [3.63, 3.8) is 0 Å². The number of carbonyl (C=O) groups is 1. The van der Waals surface area contributed by atoms with Gasteiger partial charge < -0.3 is 19.4 Å². The Bertz CT molecular complexity index is 875. The van der Waals surface area contributed by atoms with Crippen molar-refractivity contribution in [2.75, 3.05) is 14.2 Å². The van der Waals surface area contributed by atoms with Gasteiger partial charge in [0.2, 0.25) is 5.91 Å². The van der Waals surface area contributed by atoms with Crippen LogP contribution in [0.25, 0.3) is 0 Å². The Kier molecular flexibility index (Phi) is 6.15. The van der Waals surface area contributed by atoms with Crippen LogP contribution in [0.5, 0.6) is 11.5 Å². The smallest absolute Gasteiger partial charge is 0.222 e. The van der Waals surface area contributed by atoms with Crippen LogP contribution in [0.3, 0.4) is 0 Å². The first-order valence-electron chi connectivity index (χ1n) is 8.86. The molecule has 1 heterocycles. The van der Waals surface area contributed by atoms with Crippen LogP contribution in [0.2, 0.25) is 0 Å². The molecule has 1 unspecified atom stereocenters. The van der Waals surface area contributed by atoms with E-state index in [2.05, 4.69) is 5.32 Å². The van der Waals surface area contributed by atoms with Gasteiger partial charge in [0, 0.05) is 24.5 Å². The van der Waals surface area contributed by atoms with E-state index in [1.165, 1.54) is 0 Å². The summed E-state index contributed by atoms with van der Waals surface area (Å²) in [7, 11) is 3.27. The highest BCUT2D eigenvalue weighted by Gasteiger charge is 2.18. The van der Waals surface area contributed by atoms with Crippen molar-refractivity contribution < 1.29 is 14.3 Å². The molecule has 1 amide bonds. The average Bonchev–Trinajstić information content (AvgIpc) is 3.25. The Morgan fingerprint density at radius 1 is 1.00 bits per heavy atom. The molecule has 0 radical (unpaired) electrons. The second kappa shape index (κ2) is 8.94. The Morgan fingerprint density at radius 3 is 2.52 bits per heavy atom. The van der Waals surface area contributed by atoms with Gasteiger partial charge in [-0.25, -0.2) is 0 Å². The van der Waals surface area contributed by atoms with Crippen LogP contribution in [0.4, 0.5) is 0 Å². The maximum atomic E-state index is 12.7. The fourth-order valence-electron chi connectivity index (χ4n) is 3.09. The SMILES string of the molecule is COc1cccc(C(CC(=O)NCc2ccccc2OC)n2cccc2)c1. The van der Waals surface area contributed by atoms with Crippen LogP contribution in [-0.2, 0) is 11.3 Å². The van der Waals surface area contributed by atoms with Crippen LogP contribution in [0.1, 0.15) is 23.6 Å². The third-order valence-electron chi connectivity index (χ3n) is 4.51. The Hall–Kier alpha value is -3.21. The molecule has 5 nitrogen and oxygen atoms in total. The number of aromatic nitrogens is 1. The van der Waals surface area contributed by atoms with Gasteiger partial charge in [-0.1, -0.05) is 30.3 Å². The number of benzene rings is 2. The second-order valence-electron chi connectivity index (χ2n) is 6.22. The van der Waals surface area contributed by atoms with Crippen molar-refractivity contribution >= 4 is 5.91 Å². The molecule has 0 spiro atoms. The topological polar surface area (TPSA) is 52.5 Å². The molecule has 0 saturated carbocycles. The largest absolute Gasteiger partial charge is 0.497 e. The number of nitrogens with one attached hydrogen (secondary N) is 1. The molecule has 0 bridgehead atoms. The molecule has 1 atom stereocenters. The molecule has 0 saturated heterocycles. The number of hydrogen-bond acceptors (Lipinski definition) is 3. The van der Waals surface area contributed by atoms with E-state index in [4.69, 9.17) is 9.47 Å². The minimum absolute atomic E-state index is 0.0255. The van der Waals surface area contributed by atoms with Crippen LogP contribution in [0, 0.1) is 0 Å². The fourth-order valence-corrected chi connectivity index (χ4v) is 3.09. The minimum atomic E-state index is -0.104. The summed E-state index contributed by atoms with van der Waals surface area (Å²) in [6.07, 6.45) is 4.27. The molecule has 0 fully saturated rings. The lowest BCUT2D eigenvalue weighted by atomic mass is 10.0. The second-order valence-corrected chi connectivity index (χ2v) is 6.22. The molecular weight excluding hydrogens is 340 g/mol. The van der Waals surface area contributed by atoms with Gasteiger partial charge in [-0.05, 0) is 35.9 Å². The van der Waals surface area contributed by atoms with E-state index in [-0.39, 0.29) is 11.9 Å². The van der Waals surface area contributed by atoms with E-state index in [1.807, 2.05) is 77.6 Å². The highest BCUT2D eigenvalue weighted by Crippen LogP contribution is 2.26. The number of carbonyl (C=O) groups excluding carboxylic acids is 1. The molecule has 1 aromatic heterocycles. The van der Waals surface area contributed by atoms with Gasteiger partial charge in [0.15, 0.2) is 0 Å². The summed E-state index contributed by atoms with van der Waals surface area (Å²) in [6, 6.07) is 19.3. The Labute approximate surface area is 159 Å². The van der Waals surface area contributed by atoms with E-state index in [9.17, 15) is 4.79 Å². The van der Waals surface area contributed by atoms with Crippen LogP contribution < -0.4 is 14.8 Å². The van der Waals surface area contributed by atoms with Crippen molar-refractivity contribution in [2.24, 2.45) is 0 Å². The van der Waals surface area contributed by atoms with Crippen molar-refractivity contribution in [2.45, 2.75) is 19.0 Å². The summed E-state index contributed by atoms with van der Waals surface area (Å²) >= 11 is 0. The fraction of sp³-hybridized carbons (Fsp3) is 0.227.